The molecule has 1 heterocycles. The van der Waals surface area contributed by atoms with Gasteiger partial charge in [0.1, 0.15) is 6.61 Å². The number of hydrogen-bond donors (Lipinski definition) is 1. The van der Waals surface area contributed by atoms with E-state index in [9.17, 15) is 4.79 Å². The Morgan fingerprint density at radius 1 is 0.879 bits per heavy atom. The van der Waals surface area contributed by atoms with Crippen molar-refractivity contribution in [2.75, 3.05) is 26.4 Å². The van der Waals surface area contributed by atoms with Gasteiger partial charge in [0.15, 0.2) is 6.29 Å². The van der Waals surface area contributed by atoms with Crippen LogP contribution in [0.1, 0.15) is 40.9 Å². The summed E-state index contributed by atoms with van der Waals surface area (Å²) in [6, 6.07) is 24.7. The van der Waals surface area contributed by atoms with E-state index < -0.39 is 6.09 Å². The second-order valence-corrected chi connectivity index (χ2v) is 8.15. The smallest absolute Gasteiger partial charge is 0.407 e. The van der Waals surface area contributed by atoms with Crippen LogP contribution in [-0.4, -0.2) is 32.5 Å². The zero-order chi connectivity index (χ0) is 22.5. The first kappa shape index (κ1) is 21.4. The Kier molecular flexibility index (Phi) is 6.51. The highest BCUT2D eigenvalue weighted by Gasteiger charge is 2.28. The van der Waals surface area contributed by atoms with Gasteiger partial charge in [-0.05, 0) is 34.2 Å². The highest BCUT2D eigenvalue weighted by Crippen LogP contribution is 2.44. The van der Waals surface area contributed by atoms with Crippen molar-refractivity contribution < 1.29 is 19.0 Å². The Hall–Kier alpha value is -3.41. The molecule has 1 N–H and O–H groups in total. The Balaban J connectivity index is 1.12. The second kappa shape index (κ2) is 10.0. The van der Waals surface area contributed by atoms with E-state index in [1.807, 2.05) is 60.7 Å². The van der Waals surface area contributed by atoms with Crippen molar-refractivity contribution >= 4 is 12.2 Å². The standard InChI is InChI=1S/C28H27NO4/c30-28(29-16-8-7-10-20-9-1-2-11-21(20)27-31-17-18-32-27)33-19-26-24-14-5-3-12-22(24)23-13-4-6-15-25(23)26/h1-7,9-15,26-27H,8,16-19H2,(H,29,30). The largest absolute Gasteiger partial charge is 0.449 e. The molecule has 0 aromatic heterocycles. The average Bonchev–Trinajstić information content (AvgIpc) is 3.50. The van der Waals surface area contributed by atoms with Crippen LogP contribution in [0.25, 0.3) is 17.2 Å². The van der Waals surface area contributed by atoms with Gasteiger partial charge in [0.2, 0.25) is 0 Å². The molecule has 0 atom stereocenters. The molecule has 5 nitrogen and oxygen atoms in total. The van der Waals surface area contributed by atoms with Crippen LogP contribution in [0, 0.1) is 0 Å². The van der Waals surface area contributed by atoms with Gasteiger partial charge in [-0.25, -0.2) is 4.79 Å². The molecule has 0 saturated carbocycles. The highest BCUT2D eigenvalue weighted by atomic mass is 16.7. The summed E-state index contributed by atoms with van der Waals surface area (Å²) in [5.41, 5.74) is 6.95. The van der Waals surface area contributed by atoms with E-state index in [0.29, 0.717) is 32.8 Å². The molecule has 0 spiro atoms. The SMILES string of the molecule is O=C(NCCC=Cc1ccccc1C1OCCO1)OCC1c2ccccc2-c2ccccc21. The van der Waals surface area contributed by atoms with Gasteiger partial charge in [0, 0.05) is 18.0 Å². The summed E-state index contributed by atoms with van der Waals surface area (Å²) in [5, 5.41) is 2.85. The quantitative estimate of drug-likeness (QED) is 0.480. The third kappa shape index (κ3) is 4.70. The van der Waals surface area contributed by atoms with Crippen molar-refractivity contribution in [1.82, 2.24) is 5.32 Å². The van der Waals surface area contributed by atoms with Gasteiger partial charge in [-0.1, -0.05) is 84.9 Å². The van der Waals surface area contributed by atoms with Crippen LogP contribution in [0.4, 0.5) is 4.79 Å². The van der Waals surface area contributed by atoms with Gasteiger partial charge in [-0.2, -0.15) is 0 Å². The Labute approximate surface area is 194 Å². The summed E-state index contributed by atoms with van der Waals surface area (Å²) in [5.74, 6) is 0.0690. The number of carbonyl (C=O) groups excluding carboxylic acids is 1. The van der Waals surface area contributed by atoms with Gasteiger partial charge in [-0.3, -0.25) is 0 Å². The van der Waals surface area contributed by atoms with Crippen molar-refractivity contribution in [2.24, 2.45) is 0 Å². The molecule has 0 radical (unpaired) electrons. The number of ether oxygens (including phenoxy) is 3. The molecule has 0 bridgehead atoms. The molecule has 3 aromatic carbocycles. The Bertz CT molecular complexity index is 1100. The van der Waals surface area contributed by atoms with E-state index >= 15 is 0 Å². The third-order valence-electron chi connectivity index (χ3n) is 6.09. The molecule has 33 heavy (non-hydrogen) atoms. The fourth-order valence-electron chi connectivity index (χ4n) is 4.53. The van der Waals surface area contributed by atoms with Crippen LogP contribution in [0.5, 0.6) is 0 Å². The number of rotatable bonds is 7. The Morgan fingerprint density at radius 3 is 2.18 bits per heavy atom. The molecule has 0 unspecified atom stereocenters. The molecular weight excluding hydrogens is 414 g/mol. The predicted molar refractivity (Wildman–Crippen MR) is 128 cm³/mol. The molecule has 168 valence electrons. The number of hydrogen-bond acceptors (Lipinski definition) is 4. The molecule has 3 aromatic rings. The van der Waals surface area contributed by atoms with Crippen molar-refractivity contribution in [3.8, 4) is 11.1 Å². The van der Waals surface area contributed by atoms with E-state index in [4.69, 9.17) is 14.2 Å². The lowest BCUT2D eigenvalue weighted by atomic mass is 9.98. The maximum absolute atomic E-state index is 12.3. The minimum absolute atomic E-state index is 0.0690. The zero-order valence-electron chi connectivity index (χ0n) is 18.4. The lowest BCUT2D eigenvalue weighted by molar-refractivity contribution is -0.0442. The zero-order valence-corrected chi connectivity index (χ0v) is 18.4. The first-order valence-electron chi connectivity index (χ1n) is 11.4. The van der Waals surface area contributed by atoms with Gasteiger partial charge >= 0.3 is 6.09 Å². The lowest BCUT2D eigenvalue weighted by Crippen LogP contribution is -2.26. The van der Waals surface area contributed by atoms with E-state index in [2.05, 4.69) is 29.6 Å². The molecule has 1 amide bonds. The van der Waals surface area contributed by atoms with Crippen LogP contribution < -0.4 is 5.32 Å². The summed E-state index contributed by atoms with van der Waals surface area (Å²) >= 11 is 0. The molecule has 5 rings (SSSR count). The van der Waals surface area contributed by atoms with Crippen molar-refractivity contribution in [1.29, 1.82) is 0 Å². The number of alkyl carbamates (subject to hydrolysis) is 1. The summed E-state index contributed by atoms with van der Waals surface area (Å²) < 4.78 is 16.8. The van der Waals surface area contributed by atoms with E-state index in [1.165, 1.54) is 22.3 Å². The minimum atomic E-state index is -0.390. The molecule has 5 heteroatoms. The molecule has 1 aliphatic heterocycles. The Morgan fingerprint density at radius 2 is 1.48 bits per heavy atom. The first-order chi connectivity index (χ1) is 16.3. The molecule has 1 saturated heterocycles. The van der Waals surface area contributed by atoms with Crippen molar-refractivity contribution in [2.45, 2.75) is 18.6 Å². The number of amides is 1. The van der Waals surface area contributed by atoms with Gasteiger partial charge in [0.25, 0.3) is 0 Å². The molecule has 1 fully saturated rings. The summed E-state index contributed by atoms with van der Waals surface area (Å²) in [6.45, 7) is 2.07. The molecule has 1 aliphatic carbocycles. The molecular formula is C28H27NO4. The summed E-state index contributed by atoms with van der Waals surface area (Å²) in [4.78, 5) is 12.3. The minimum Gasteiger partial charge on any atom is -0.449 e. The lowest BCUT2D eigenvalue weighted by Gasteiger charge is -2.14. The van der Waals surface area contributed by atoms with Gasteiger partial charge < -0.3 is 19.5 Å². The topological polar surface area (TPSA) is 56.8 Å². The van der Waals surface area contributed by atoms with Crippen molar-refractivity contribution in [3.63, 3.8) is 0 Å². The number of benzene rings is 3. The van der Waals surface area contributed by atoms with Crippen LogP contribution in [0.15, 0.2) is 78.9 Å². The fraction of sp³-hybridized carbons (Fsp3) is 0.250. The van der Waals surface area contributed by atoms with E-state index in [-0.39, 0.29) is 12.2 Å². The maximum atomic E-state index is 12.3. The van der Waals surface area contributed by atoms with Gasteiger partial charge in [0.05, 0.1) is 13.2 Å². The van der Waals surface area contributed by atoms with Crippen LogP contribution >= 0.6 is 0 Å². The average molecular weight is 442 g/mol. The van der Waals surface area contributed by atoms with Crippen molar-refractivity contribution in [3.05, 3.63) is 101 Å². The van der Waals surface area contributed by atoms with Gasteiger partial charge in [-0.15, -0.1) is 0 Å². The third-order valence-corrected chi connectivity index (χ3v) is 6.09. The van der Waals surface area contributed by atoms with Crippen LogP contribution in [-0.2, 0) is 14.2 Å². The monoisotopic (exact) mass is 441 g/mol. The first-order valence-corrected chi connectivity index (χ1v) is 11.4. The number of carbonyl (C=O) groups is 1. The number of fused-ring (bicyclic) bond motifs is 3. The normalized spacial score (nSPS) is 15.5. The molecule has 2 aliphatic rings. The summed E-state index contributed by atoms with van der Waals surface area (Å²) in [6.07, 6.45) is 4.09. The van der Waals surface area contributed by atoms with E-state index in [0.717, 1.165) is 11.1 Å². The highest BCUT2D eigenvalue weighted by molar-refractivity contribution is 5.79. The summed E-state index contributed by atoms with van der Waals surface area (Å²) in [7, 11) is 0. The van der Waals surface area contributed by atoms with Crippen LogP contribution in [0.2, 0.25) is 0 Å². The van der Waals surface area contributed by atoms with E-state index in [1.54, 1.807) is 0 Å². The fourth-order valence-corrected chi connectivity index (χ4v) is 4.53. The second-order valence-electron chi connectivity index (χ2n) is 8.15. The number of nitrogens with one attached hydrogen (secondary N) is 1. The maximum Gasteiger partial charge on any atom is 0.407 e. The predicted octanol–water partition coefficient (Wildman–Crippen LogP) is 5.67. The van der Waals surface area contributed by atoms with Crippen LogP contribution in [0.3, 0.4) is 0 Å².